The van der Waals surface area contributed by atoms with Gasteiger partial charge in [-0.25, -0.2) is 0 Å². The fourth-order valence-electron chi connectivity index (χ4n) is 8.00. The molecule has 0 amide bonds. The van der Waals surface area contributed by atoms with E-state index in [0.717, 1.165) is 66.0 Å². The molecule has 0 spiro atoms. The Morgan fingerprint density at radius 2 is 0.837 bits per heavy atom. The van der Waals surface area contributed by atoms with E-state index in [4.69, 9.17) is 0 Å². The molecule has 49 heavy (non-hydrogen) atoms. The zero-order chi connectivity index (χ0) is 32.6. The minimum absolute atomic E-state index is 0.444. The van der Waals surface area contributed by atoms with Crippen molar-refractivity contribution in [2.45, 2.75) is 0 Å². The number of nitriles is 2. The minimum Gasteiger partial charge on any atom is -0.309 e. The van der Waals surface area contributed by atoms with Crippen molar-refractivity contribution >= 4 is 65.4 Å². The number of para-hydroxylation sites is 5. The van der Waals surface area contributed by atoms with Crippen LogP contribution in [0, 0.1) is 22.7 Å². The summed E-state index contributed by atoms with van der Waals surface area (Å²) in [7, 11) is 0. The third-order valence-corrected chi connectivity index (χ3v) is 9.92. The summed E-state index contributed by atoms with van der Waals surface area (Å²) in [6.45, 7) is 0. The standard InChI is InChI=1S/C44H25N5/c45-26-28-22-23-39(34(27-46)44(28)49-35-18-8-4-14-30(35)31-15-5-9-19-36(31)49)48-38-21-11-7-17-33(38)43-41(48)25-24-40-42(43)32-16-6-10-20-37(32)47(40)29-12-2-1-3-13-29/h1-25H. The van der Waals surface area contributed by atoms with Crippen LogP contribution in [-0.2, 0) is 0 Å². The third kappa shape index (κ3) is 3.62. The molecule has 0 N–H and O–H groups in total. The van der Waals surface area contributed by atoms with E-state index in [9.17, 15) is 10.5 Å². The van der Waals surface area contributed by atoms with Crippen LogP contribution >= 0.6 is 0 Å². The molecule has 0 saturated heterocycles. The first-order valence-corrected chi connectivity index (χ1v) is 16.3. The summed E-state index contributed by atoms with van der Waals surface area (Å²) in [5.41, 5.74) is 9.47. The Morgan fingerprint density at radius 3 is 1.39 bits per heavy atom. The van der Waals surface area contributed by atoms with Gasteiger partial charge in [0, 0.05) is 38.0 Å². The van der Waals surface area contributed by atoms with Crippen LogP contribution in [-0.4, -0.2) is 13.7 Å². The Balaban J connectivity index is 1.36. The molecule has 5 nitrogen and oxygen atoms in total. The molecule has 0 radical (unpaired) electrons. The van der Waals surface area contributed by atoms with E-state index < -0.39 is 0 Å². The minimum atomic E-state index is 0.444. The zero-order valence-corrected chi connectivity index (χ0v) is 26.2. The number of rotatable bonds is 3. The molecule has 0 fully saturated rings. The van der Waals surface area contributed by atoms with Crippen molar-refractivity contribution in [3.8, 4) is 29.2 Å². The Kier molecular flexibility index (Phi) is 5.64. The first-order chi connectivity index (χ1) is 24.3. The second-order valence-corrected chi connectivity index (χ2v) is 12.3. The fraction of sp³-hybridized carbons (Fsp3) is 0. The Morgan fingerprint density at radius 1 is 0.367 bits per heavy atom. The summed E-state index contributed by atoms with van der Waals surface area (Å²) in [6.07, 6.45) is 0. The molecule has 0 bridgehead atoms. The molecule has 0 unspecified atom stereocenters. The largest absolute Gasteiger partial charge is 0.309 e. The number of nitrogens with zero attached hydrogens (tertiary/aromatic N) is 5. The maximum absolute atomic E-state index is 11.1. The lowest BCUT2D eigenvalue weighted by atomic mass is 10.0. The smallest absolute Gasteiger partial charge is 0.104 e. The molecule has 0 atom stereocenters. The average molecular weight is 624 g/mol. The molecule has 10 rings (SSSR count). The molecular weight excluding hydrogens is 599 g/mol. The zero-order valence-electron chi connectivity index (χ0n) is 26.2. The summed E-state index contributed by atoms with van der Waals surface area (Å²) >= 11 is 0. The van der Waals surface area contributed by atoms with Gasteiger partial charge in [-0.15, -0.1) is 0 Å². The lowest BCUT2D eigenvalue weighted by Crippen LogP contribution is -2.06. The van der Waals surface area contributed by atoms with Gasteiger partial charge in [0.1, 0.15) is 17.7 Å². The van der Waals surface area contributed by atoms with E-state index >= 15 is 0 Å². The van der Waals surface area contributed by atoms with Crippen molar-refractivity contribution in [2.75, 3.05) is 0 Å². The number of fused-ring (bicyclic) bond motifs is 10. The maximum Gasteiger partial charge on any atom is 0.104 e. The van der Waals surface area contributed by atoms with Gasteiger partial charge in [0.05, 0.1) is 50.0 Å². The lowest BCUT2D eigenvalue weighted by Gasteiger charge is -2.17. The normalized spacial score (nSPS) is 11.6. The highest BCUT2D eigenvalue weighted by molar-refractivity contribution is 6.29. The molecule has 7 aromatic carbocycles. The third-order valence-electron chi connectivity index (χ3n) is 9.92. The van der Waals surface area contributed by atoms with E-state index in [-0.39, 0.29) is 0 Å². The van der Waals surface area contributed by atoms with Gasteiger partial charge in [0.25, 0.3) is 0 Å². The molecule has 226 valence electrons. The molecule has 0 aliphatic rings. The van der Waals surface area contributed by atoms with Crippen LogP contribution < -0.4 is 0 Å². The molecule has 5 heteroatoms. The molecule has 0 aliphatic carbocycles. The van der Waals surface area contributed by atoms with Gasteiger partial charge < -0.3 is 13.7 Å². The fourth-order valence-corrected chi connectivity index (χ4v) is 8.00. The van der Waals surface area contributed by atoms with Gasteiger partial charge in [0.15, 0.2) is 0 Å². The van der Waals surface area contributed by atoms with Crippen LogP contribution in [0.4, 0.5) is 0 Å². The van der Waals surface area contributed by atoms with E-state index in [1.807, 2.05) is 48.5 Å². The van der Waals surface area contributed by atoms with Crippen LogP contribution in [0.3, 0.4) is 0 Å². The first kappa shape index (κ1) is 27.1. The van der Waals surface area contributed by atoms with Crippen molar-refractivity contribution < 1.29 is 0 Å². The van der Waals surface area contributed by atoms with Crippen LogP contribution in [0.5, 0.6) is 0 Å². The highest BCUT2D eigenvalue weighted by atomic mass is 15.0. The summed E-state index contributed by atoms with van der Waals surface area (Å²) in [5.74, 6) is 0. The van der Waals surface area contributed by atoms with E-state index in [1.165, 1.54) is 10.8 Å². The second kappa shape index (κ2) is 10.2. The quantitative estimate of drug-likeness (QED) is 0.197. The van der Waals surface area contributed by atoms with E-state index in [2.05, 4.69) is 129 Å². The van der Waals surface area contributed by atoms with Crippen molar-refractivity contribution in [1.29, 1.82) is 10.5 Å². The van der Waals surface area contributed by atoms with Crippen molar-refractivity contribution in [3.63, 3.8) is 0 Å². The van der Waals surface area contributed by atoms with Crippen LogP contribution in [0.25, 0.3) is 82.5 Å². The molecule has 3 aromatic heterocycles. The van der Waals surface area contributed by atoms with E-state index in [1.54, 1.807) is 0 Å². The summed E-state index contributed by atoms with van der Waals surface area (Å²) < 4.78 is 6.62. The number of hydrogen-bond donors (Lipinski definition) is 0. The molecule has 0 aliphatic heterocycles. The lowest BCUT2D eigenvalue weighted by molar-refractivity contribution is 1.11. The van der Waals surface area contributed by atoms with Gasteiger partial charge in [-0.2, -0.15) is 10.5 Å². The van der Waals surface area contributed by atoms with Gasteiger partial charge in [-0.3, -0.25) is 0 Å². The van der Waals surface area contributed by atoms with E-state index in [0.29, 0.717) is 16.8 Å². The van der Waals surface area contributed by atoms with Gasteiger partial charge >= 0.3 is 0 Å². The molecule has 0 saturated carbocycles. The average Bonchev–Trinajstić information content (AvgIpc) is 3.80. The second-order valence-electron chi connectivity index (χ2n) is 12.3. The highest BCUT2D eigenvalue weighted by Gasteiger charge is 2.25. The Labute approximate surface area is 280 Å². The topological polar surface area (TPSA) is 62.4 Å². The predicted octanol–water partition coefficient (Wildman–Crippen LogP) is 10.7. The summed E-state index contributed by atoms with van der Waals surface area (Å²) in [6, 6.07) is 57.0. The molecular formula is C44H25N5. The van der Waals surface area contributed by atoms with Gasteiger partial charge in [0.2, 0.25) is 0 Å². The van der Waals surface area contributed by atoms with Crippen LogP contribution in [0.1, 0.15) is 11.1 Å². The van der Waals surface area contributed by atoms with Crippen LogP contribution in [0.15, 0.2) is 152 Å². The Hall–Kier alpha value is -7.08. The highest BCUT2D eigenvalue weighted by Crippen LogP contribution is 2.44. The Bertz CT molecular complexity index is 3020. The first-order valence-electron chi connectivity index (χ1n) is 16.3. The molecule has 10 aromatic rings. The molecule has 3 heterocycles. The summed E-state index contributed by atoms with van der Waals surface area (Å²) in [4.78, 5) is 0. The number of aromatic nitrogens is 3. The van der Waals surface area contributed by atoms with Crippen molar-refractivity contribution in [3.05, 3.63) is 163 Å². The maximum atomic E-state index is 11.1. The van der Waals surface area contributed by atoms with Crippen molar-refractivity contribution in [1.82, 2.24) is 13.7 Å². The summed E-state index contributed by atoms with van der Waals surface area (Å²) in [5, 5.41) is 28.3. The van der Waals surface area contributed by atoms with Gasteiger partial charge in [-0.05, 0) is 60.7 Å². The van der Waals surface area contributed by atoms with Crippen molar-refractivity contribution in [2.24, 2.45) is 0 Å². The number of benzene rings is 7. The van der Waals surface area contributed by atoms with Gasteiger partial charge in [-0.1, -0.05) is 91.0 Å². The van der Waals surface area contributed by atoms with Crippen LogP contribution in [0.2, 0.25) is 0 Å². The number of hydrogen-bond acceptors (Lipinski definition) is 2. The SMILES string of the molecule is N#Cc1ccc(-n2c3ccccc3c3c4c5ccccc5n(-c5ccccc5)c4ccc32)c(C#N)c1-n1c2ccccc2c2ccccc21. The monoisotopic (exact) mass is 623 g/mol. The predicted molar refractivity (Wildman–Crippen MR) is 199 cm³/mol.